The van der Waals surface area contributed by atoms with Crippen molar-refractivity contribution in [2.75, 3.05) is 7.05 Å². The van der Waals surface area contributed by atoms with Crippen LogP contribution in [0.3, 0.4) is 0 Å². The van der Waals surface area contributed by atoms with E-state index in [-0.39, 0.29) is 0 Å². The van der Waals surface area contributed by atoms with Gasteiger partial charge in [-0.1, -0.05) is 6.92 Å². The molecule has 0 atom stereocenters. The van der Waals surface area contributed by atoms with E-state index in [1.54, 1.807) is 0 Å². The smallest absolute Gasteiger partial charge is 0.130 e. The number of nitrogens with one attached hydrogen (secondary N) is 1. The fraction of sp³-hybridized carbons (Fsp3) is 0.500. The zero-order valence-corrected chi connectivity index (χ0v) is 10.3. The second kappa shape index (κ2) is 6.38. The van der Waals surface area contributed by atoms with Gasteiger partial charge in [-0.2, -0.15) is 0 Å². The maximum Gasteiger partial charge on any atom is 0.130 e. The first-order valence-electron chi connectivity index (χ1n) is 2.98. The van der Waals surface area contributed by atoms with E-state index in [4.69, 9.17) is 0 Å². The van der Waals surface area contributed by atoms with Crippen molar-refractivity contribution in [3.05, 3.63) is 7.41 Å². The van der Waals surface area contributed by atoms with Crippen LogP contribution in [0.2, 0.25) is 0 Å². The fourth-order valence-corrected chi connectivity index (χ4v) is 0.937. The molecule has 58 valence electrons. The van der Waals surface area contributed by atoms with E-state index in [2.05, 4.69) is 62.4 Å². The monoisotopic (exact) mass is 364 g/mol. The fourth-order valence-electron chi connectivity index (χ4n) is 0.331. The van der Waals surface area contributed by atoms with Crippen LogP contribution in [0.15, 0.2) is 12.4 Å². The number of hydrogen-bond donors (Lipinski definition) is 1. The molecule has 10 heavy (non-hydrogen) atoms. The van der Waals surface area contributed by atoms with Gasteiger partial charge in [0.1, 0.15) is 7.41 Å². The average molecular weight is 364 g/mol. The van der Waals surface area contributed by atoms with Crippen LogP contribution < -0.4 is 5.32 Å². The number of nitrogens with zero attached hydrogens (tertiary/aromatic N) is 1. The van der Waals surface area contributed by atoms with Gasteiger partial charge in [-0.15, -0.1) is 0 Å². The highest BCUT2D eigenvalue weighted by Crippen LogP contribution is 2.16. The third-order valence-electron chi connectivity index (χ3n) is 0.788. The van der Waals surface area contributed by atoms with Crippen molar-refractivity contribution in [2.24, 2.45) is 4.99 Å². The minimum atomic E-state index is 0.986. The highest BCUT2D eigenvalue weighted by molar-refractivity contribution is 14.1. The van der Waals surface area contributed by atoms with Gasteiger partial charge in [0.15, 0.2) is 0 Å². The summed E-state index contributed by atoms with van der Waals surface area (Å²) in [5.74, 6) is 0. The van der Waals surface area contributed by atoms with Crippen LogP contribution in [-0.4, -0.2) is 13.3 Å². The molecule has 0 rings (SSSR count). The van der Waals surface area contributed by atoms with E-state index in [9.17, 15) is 0 Å². The van der Waals surface area contributed by atoms with E-state index in [0.29, 0.717) is 0 Å². The van der Waals surface area contributed by atoms with E-state index in [1.165, 1.54) is 0 Å². The van der Waals surface area contributed by atoms with Crippen molar-refractivity contribution >= 4 is 51.4 Å². The Morgan fingerprint density at radius 3 is 2.60 bits per heavy atom. The summed E-state index contributed by atoms with van der Waals surface area (Å²) in [5, 5.41) is 3.02. The zero-order chi connectivity index (χ0) is 7.98. The van der Waals surface area contributed by atoms with Crippen molar-refractivity contribution in [1.82, 2.24) is 5.32 Å². The Morgan fingerprint density at radius 2 is 2.20 bits per heavy atom. The van der Waals surface area contributed by atoms with Crippen LogP contribution >= 0.6 is 45.2 Å². The maximum atomic E-state index is 4.18. The van der Waals surface area contributed by atoms with Crippen molar-refractivity contribution in [3.63, 3.8) is 0 Å². The first-order valence-corrected chi connectivity index (χ1v) is 5.13. The van der Waals surface area contributed by atoms with Crippen LogP contribution in [0.4, 0.5) is 0 Å². The topological polar surface area (TPSA) is 24.4 Å². The molecule has 2 nitrogen and oxygen atoms in total. The van der Waals surface area contributed by atoms with Crippen molar-refractivity contribution in [3.8, 4) is 0 Å². The molecule has 1 N–H and O–H groups in total. The maximum absolute atomic E-state index is 4.18. The Kier molecular flexibility index (Phi) is 6.81. The Bertz CT molecular complexity index is 152. The molecule has 0 aromatic carbocycles. The molecular formula is C6H10I2N2. The Hall–Kier alpha value is 0.670. The molecule has 0 fully saturated rings. The molecule has 0 aliphatic rings. The van der Waals surface area contributed by atoms with Crippen LogP contribution in [0, 0.1) is 0 Å². The van der Waals surface area contributed by atoms with Gasteiger partial charge in [0.05, 0.1) is 0 Å². The van der Waals surface area contributed by atoms with E-state index in [0.717, 1.165) is 13.8 Å². The molecule has 4 heteroatoms. The van der Waals surface area contributed by atoms with Crippen molar-refractivity contribution in [2.45, 2.75) is 13.3 Å². The largest absolute Gasteiger partial charge is 0.381 e. The second-order valence-electron chi connectivity index (χ2n) is 1.57. The van der Waals surface area contributed by atoms with Crippen LogP contribution in [-0.2, 0) is 0 Å². The summed E-state index contributed by atoms with van der Waals surface area (Å²) in [5.41, 5.74) is 0. The quantitative estimate of drug-likeness (QED) is 0.465. The summed E-state index contributed by atoms with van der Waals surface area (Å²) < 4.78 is 2.10. The molecule has 0 aromatic rings. The lowest BCUT2D eigenvalue weighted by Crippen LogP contribution is -1.99. The summed E-state index contributed by atoms with van der Waals surface area (Å²) in [6, 6.07) is 0. The third-order valence-corrected chi connectivity index (χ3v) is 3.69. The molecule has 0 saturated heterocycles. The van der Waals surface area contributed by atoms with Gasteiger partial charge in [-0.05, 0) is 51.6 Å². The minimum Gasteiger partial charge on any atom is -0.381 e. The normalized spacial score (nSPS) is 13.6. The number of halogens is 2. The predicted molar refractivity (Wildman–Crippen MR) is 62.9 cm³/mol. The SMILES string of the molecule is CCC=N/C(I)=C(/I)NC. The van der Waals surface area contributed by atoms with Gasteiger partial charge in [-0.25, -0.2) is 0 Å². The molecule has 0 heterocycles. The minimum absolute atomic E-state index is 0.986. The number of aliphatic imine (C=N–C) groups is 1. The summed E-state index contributed by atoms with van der Waals surface area (Å²) in [6.45, 7) is 2.07. The zero-order valence-electron chi connectivity index (χ0n) is 5.99. The van der Waals surface area contributed by atoms with Gasteiger partial charge >= 0.3 is 0 Å². The predicted octanol–water partition coefficient (Wildman–Crippen LogP) is 2.68. The highest BCUT2D eigenvalue weighted by Gasteiger charge is 1.92. The van der Waals surface area contributed by atoms with Crippen molar-refractivity contribution in [1.29, 1.82) is 0 Å². The molecule has 0 amide bonds. The van der Waals surface area contributed by atoms with E-state index < -0.39 is 0 Å². The average Bonchev–Trinajstić information content (AvgIpc) is 1.98. The van der Waals surface area contributed by atoms with Crippen molar-refractivity contribution < 1.29 is 0 Å². The molecule has 0 aliphatic carbocycles. The van der Waals surface area contributed by atoms with Gasteiger partial charge < -0.3 is 5.32 Å². The van der Waals surface area contributed by atoms with Gasteiger partial charge in [0, 0.05) is 13.3 Å². The Morgan fingerprint density at radius 1 is 1.60 bits per heavy atom. The summed E-state index contributed by atoms with van der Waals surface area (Å²) in [7, 11) is 1.89. The molecule has 0 saturated carbocycles. The molecule has 0 bridgehead atoms. The Labute approximate surface area is 88.8 Å². The lowest BCUT2D eigenvalue weighted by atomic mass is 10.5. The molecule has 0 spiro atoms. The standard InChI is InChI=1S/C6H10I2N2/c1-3-4-10-6(8)5(7)9-2/h4,9H,3H2,1-2H3/b6-5-,10-4?. The highest BCUT2D eigenvalue weighted by atomic mass is 127. The van der Waals surface area contributed by atoms with Gasteiger partial charge in [0.2, 0.25) is 0 Å². The lowest BCUT2D eigenvalue weighted by Gasteiger charge is -1.96. The summed E-state index contributed by atoms with van der Waals surface area (Å²) >= 11 is 4.42. The van der Waals surface area contributed by atoms with E-state index >= 15 is 0 Å². The number of hydrogen-bond acceptors (Lipinski definition) is 2. The molecule has 0 aromatic heterocycles. The molecular weight excluding hydrogens is 354 g/mol. The lowest BCUT2D eigenvalue weighted by molar-refractivity contribution is 1.08. The van der Waals surface area contributed by atoms with Crippen LogP contribution in [0.25, 0.3) is 0 Å². The van der Waals surface area contributed by atoms with Crippen LogP contribution in [0.1, 0.15) is 13.3 Å². The molecule has 0 aliphatic heterocycles. The first kappa shape index (κ1) is 10.7. The first-order chi connectivity index (χ1) is 4.72. The van der Waals surface area contributed by atoms with E-state index in [1.807, 2.05) is 13.3 Å². The molecule has 0 unspecified atom stereocenters. The van der Waals surface area contributed by atoms with Gasteiger partial charge in [0.25, 0.3) is 0 Å². The Balaban J connectivity index is 4.04. The summed E-state index contributed by atoms with van der Waals surface area (Å²) in [4.78, 5) is 4.18. The second-order valence-corrected chi connectivity index (χ2v) is 3.68. The molecule has 0 radical (unpaired) electrons. The van der Waals surface area contributed by atoms with Gasteiger partial charge in [-0.3, -0.25) is 4.99 Å². The number of rotatable bonds is 3. The third kappa shape index (κ3) is 4.48. The van der Waals surface area contributed by atoms with Crippen LogP contribution in [0.5, 0.6) is 0 Å². The summed E-state index contributed by atoms with van der Waals surface area (Å²) in [6.07, 6.45) is 2.89.